The van der Waals surface area contributed by atoms with Gasteiger partial charge in [-0.25, -0.2) is 14.8 Å². The van der Waals surface area contributed by atoms with Crippen LogP contribution in [0.5, 0.6) is 0 Å². The zero-order chi connectivity index (χ0) is 15.5. The van der Waals surface area contributed by atoms with Gasteiger partial charge in [0.25, 0.3) is 0 Å². The molecule has 0 aromatic carbocycles. The Labute approximate surface area is 138 Å². The monoisotopic (exact) mass is 404 g/mol. The maximum atomic E-state index is 11.9. The summed E-state index contributed by atoms with van der Waals surface area (Å²) in [6.45, 7) is 7.28. The van der Waals surface area contributed by atoms with Crippen molar-refractivity contribution in [3.8, 4) is 0 Å². The Bertz CT molecular complexity index is 504. The number of halogens is 1. The third-order valence-electron chi connectivity index (χ3n) is 3.09. The summed E-state index contributed by atoms with van der Waals surface area (Å²) in [7, 11) is 0. The van der Waals surface area contributed by atoms with Crippen molar-refractivity contribution < 1.29 is 9.53 Å². The minimum atomic E-state index is -0.472. The molecule has 1 amide bonds. The highest BCUT2D eigenvalue weighted by Gasteiger charge is 2.25. The number of hydrogen-bond acceptors (Lipinski definition) is 5. The van der Waals surface area contributed by atoms with E-state index in [2.05, 4.69) is 42.8 Å². The second-order valence-electron chi connectivity index (χ2n) is 6.13. The molecule has 21 heavy (non-hydrogen) atoms. The standard InChI is InChI=1S/C14H21IN4O2/c1-14(2,3)21-13(20)18-10-5-4-6-19(8-10)12-11(15)7-16-9-17-12/h7,9-10H,4-6,8H2,1-3H3,(H,18,20)/t10-/m1/s1. The van der Waals surface area contributed by atoms with E-state index in [0.717, 1.165) is 35.3 Å². The molecule has 1 fully saturated rings. The normalized spacial score (nSPS) is 19.2. The van der Waals surface area contributed by atoms with E-state index in [1.807, 2.05) is 20.8 Å². The van der Waals surface area contributed by atoms with Crippen molar-refractivity contribution in [1.82, 2.24) is 15.3 Å². The van der Waals surface area contributed by atoms with E-state index in [-0.39, 0.29) is 12.1 Å². The van der Waals surface area contributed by atoms with Crippen LogP contribution in [0.25, 0.3) is 0 Å². The molecule has 0 saturated carbocycles. The van der Waals surface area contributed by atoms with Crippen LogP contribution in [0.1, 0.15) is 33.6 Å². The van der Waals surface area contributed by atoms with Crippen molar-refractivity contribution in [2.75, 3.05) is 18.0 Å². The molecular formula is C14H21IN4O2. The van der Waals surface area contributed by atoms with Crippen molar-refractivity contribution in [2.45, 2.75) is 45.3 Å². The van der Waals surface area contributed by atoms with Crippen LogP contribution in [0, 0.1) is 3.57 Å². The molecule has 1 aliphatic heterocycles. The van der Waals surface area contributed by atoms with Crippen LogP contribution in [0.15, 0.2) is 12.5 Å². The van der Waals surface area contributed by atoms with Crippen LogP contribution < -0.4 is 10.2 Å². The molecule has 116 valence electrons. The first-order valence-electron chi connectivity index (χ1n) is 7.05. The van der Waals surface area contributed by atoms with E-state index in [1.54, 1.807) is 12.5 Å². The molecule has 1 N–H and O–H groups in total. The van der Waals surface area contributed by atoms with E-state index in [0.29, 0.717) is 0 Å². The number of carbonyl (C=O) groups excluding carboxylic acids is 1. The average Bonchev–Trinajstić information content (AvgIpc) is 2.37. The van der Waals surface area contributed by atoms with E-state index < -0.39 is 5.60 Å². The molecule has 0 spiro atoms. The molecular weight excluding hydrogens is 383 g/mol. The van der Waals surface area contributed by atoms with Gasteiger partial charge >= 0.3 is 6.09 Å². The van der Waals surface area contributed by atoms with Crippen molar-refractivity contribution in [2.24, 2.45) is 0 Å². The number of rotatable bonds is 2. The number of nitrogens with zero attached hydrogens (tertiary/aromatic N) is 3. The van der Waals surface area contributed by atoms with Crippen molar-refractivity contribution in [3.63, 3.8) is 0 Å². The largest absolute Gasteiger partial charge is 0.444 e. The van der Waals surface area contributed by atoms with Crippen LogP contribution in [0.4, 0.5) is 10.6 Å². The van der Waals surface area contributed by atoms with Gasteiger partial charge in [0.15, 0.2) is 0 Å². The van der Waals surface area contributed by atoms with E-state index in [1.165, 1.54) is 0 Å². The molecule has 0 unspecified atom stereocenters. The summed E-state index contributed by atoms with van der Waals surface area (Å²) in [6.07, 6.45) is 4.97. The second kappa shape index (κ2) is 6.76. The highest BCUT2D eigenvalue weighted by Crippen LogP contribution is 2.22. The molecule has 0 aliphatic carbocycles. The van der Waals surface area contributed by atoms with Crippen molar-refractivity contribution in [3.05, 3.63) is 16.1 Å². The number of aromatic nitrogens is 2. The molecule has 2 heterocycles. The first kappa shape index (κ1) is 16.3. The first-order valence-corrected chi connectivity index (χ1v) is 8.13. The Balaban J connectivity index is 1.95. The summed E-state index contributed by atoms with van der Waals surface area (Å²) in [4.78, 5) is 22.4. The van der Waals surface area contributed by atoms with Gasteiger partial charge in [-0.2, -0.15) is 0 Å². The zero-order valence-corrected chi connectivity index (χ0v) is 14.8. The summed E-state index contributed by atoms with van der Waals surface area (Å²) >= 11 is 2.23. The number of carbonyl (C=O) groups is 1. The molecule has 0 bridgehead atoms. The SMILES string of the molecule is CC(C)(C)OC(=O)N[C@@H]1CCCN(c2ncncc2I)C1. The maximum Gasteiger partial charge on any atom is 0.407 e. The number of piperidine rings is 1. The van der Waals surface area contributed by atoms with E-state index >= 15 is 0 Å². The van der Waals surface area contributed by atoms with Crippen LogP contribution in [0.3, 0.4) is 0 Å². The minimum absolute atomic E-state index is 0.0827. The summed E-state index contributed by atoms with van der Waals surface area (Å²) in [5, 5.41) is 2.95. The fourth-order valence-electron chi connectivity index (χ4n) is 2.30. The number of amides is 1. The molecule has 1 aromatic rings. The lowest BCUT2D eigenvalue weighted by atomic mass is 10.1. The molecule has 1 aromatic heterocycles. The van der Waals surface area contributed by atoms with Gasteiger partial charge in [0, 0.05) is 25.3 Å². The number of anilines is 1. The van der Waals surface area contributed by atoms with Crippen molar-refractivity contribution >= 4 is 34.5 Å². The summed E-state index contributed by atoms with van der Waals surface area (Å²) < 4.78 is 6.33. The molecule has 1 aliphatic rings. The van der Waals surface area contributed by atoms with E-state index in [4.69, 9.17) is 4.74 Å². The Morgan fingerprint density at radius 1 is 1.52 bits per heavy atom. The van der Waals surface area contributed by atoms with Gasteiger partial charge in [0.2, 0.25) is 0 Å². The Hall–Kier alpha value is -1.12. The number of nitrogens with one attached hydrogen (secondary N) is 1. The van der Waals surface area contributed by atoms with Crippen LogP contribution in [-0.4, -0.2) is 40.8 Å². The van der Waals surface area contributed by atoms with Crippen molar-refractivity contribution in [1.29, 1.82) is 0 Å². The smallest absolute Gasteiger partial charge is 0.407 e. The van der Waals surface area contributed by atoms with Gasteiger partial charge in [0.05, 0.1) is 3.57 Å². The predicted molar refractivity (Wildman–Crippen MR) is 89.4 cm³/mol. The molecule has 2 rings (SSSR count). The summed E-state index contributed by atoms with van der Waals surface area (Å²) in [5.74, 6) is 0.932. The number of ether oxygens (including phenoxy) is 1. The lowest BCUT2D eigenvalue weighted by Crippen LogP contribution is -2.49. The van der Waals surface area contributed by atoms with Gasteiger partial charge in [-0.1, -0.05) is 0 Å². The van der Waals surface area contributed by atoms with Gasteiger partial charge in [-0.05, 0) is 56.2 Å². The molecule has 6 nitrogen and oxygen atoms in total. The molecule has 0 radical (unpaired) electrons. The van der Waals surface area contributed by atoms with Crippen LogP contribution >= 0.6 is 22.6 Å². The topological polar surface area (TPSA) is 67.3 Å². The zero-order valence-electron chi connectivity index (χ0n) is 12.6. The maximum absolute atomic E-state index is 11.9. The van der Waals surface area contributed by atoms with E-state index in [9.17, 15) is 4.79 Å². The summed E-state index contributed by atoms with van der Waals surface area (Å²) in [5.41, 5.74) is -0.472. The van der Waals surface area contributed by atoms with Gasteiger partial charge in [-0.3, -0.25) is 0 Å². The third kappa shape index (κ3) is 4.98. The Kier molecular flexibility index (Phi) is 5.23. The lowest BCUT2D eigenvalue weighted by Gasteiger charge is -2.34. The third-order valence-corrected chi connectivity index (χ3v) is 3.85. The Morgan fingerprint density at radius 2 is 2.29 bits per heavy atom. The quantitative estimate of drug-likeness (QED) is 0.768. The van der Waals surface area contributed by atoms with Crippen LogP contribution in [-0.2, 0) is 4.74 Å². The first-order chi connectivity index (χ1) is 9.85. The molecule has 1 atom stereocenters. The predicted octanol–water partition coefficient (Wildman–Crippen LogP) is 2.57. The average molecular weight is 404 g/mol. The number of alkyl carbamates (subject to hydrolysis) is 1. The number of hydrogen-bond donors (Lipinski definition) is 1. The highest BCUT2D eigenvalue weighted by atomic mass is 127. The van der Waals surface area contributed by atoms with Gasteiger partial charge in [0.1, 0.15) is 17.7 Å². The minimum Gasteiger partial charge on any atom is -0.444 e. The van der Waals surface area contributed by atoms with Crippen LogP contribution in [0.2, 0.25) is 0 Å². The second-order valence-corrected chi connectivity index (χ2v) is 7.29. The lowest BCUT2D eigenvalue weighted by molar-refractivity contribution is 0.0500. The molecule has 7 heteroatoms. The van der Waals surface area contributed by atoms with Gasteiger partial charge in [-0.15, -0.1) is 0 Å². The molecule has 1 saturated heterocycles. The highest BCUT2D eigenvalue weighted by molar-refractivity contribution is 14.1. The van der Waals surface area contributed by atoms with Gasteiger partial charge < -0.3 is 15.0 Å². The summed E-state index contributed by atoms with van der Waals surface area (Å²) in [6, 6.07) is 0.0827. The Morgan fingerprint density at radius 3 is 2.95 bits per heavy atom. The fourth-order valence-corrected chi connectivity index (χ4v) is 2.94. The fraction of sp³-hybridized carbons (Fsp3) is 0.643.